The number of anilines is 1. The number of rotatable bonds is 1. The lowest BCUT2D eigenvalue weighted by Gasteiger charge is -2.32. The highest BCUT2D eigenvalue weighted by Crippen LogP contribution is 2.51. The normalized spacial score (nSPS) is 24.9. The quantitative estimate of drug-likeness (QED) is 0.627. The second-order valence-electron chi connectivity index (χ2n) is 6.40. The Labute approximate surface area is 147 Å². The average molecular weight is 373 g/mol. The van der Waals surface area contributed by atoms with E-state index in [0.717, 1.165) is 13.0 Å². The number of likely N-dealkylation sites (tertiary alicyclic amines) is 1. The molecular weight excluding hydrogens is 350 g/mol. The lowest BCUT2D eigenvalue weighted by Crippen LogP contribution is -2.45. The van der Waals surface area contributed by atoms with Crippen LogP contribution < -0.4 is 15.0 Å². The summed E-state index contributed by atoms with van der Waals surface area (Å²) in [6.07, 6.45) is 1.07. The first kappa shape index (κ1) is 19.4. The van der Waals surface area contributed by atoms with Crippen LogP contribution in [0.5, 0.6) is 5.75 Å². The number of amides is 1. The number of benzene rings is 1. The first-order valence-corrected chi connectivity index (χ1v) is 9.04. The minimum atomic E-state index is -4.67. The second kappa shape index (κ2) is 6.79. The van der Waals surface area contributed by atoms with Crippen LogP contribution in [0.2, 0.25) is 0 Å². The average Bonchev–Trinajstić information content (AvgIpc) is 2.91. The van der Waals surface area contributed by atoms with E-state index in [4.69, 9.17) is 22.3 Å². The largest absolute Gasteiger partial charge is 0.412 e. The molecule has 10 heteroatoms. The van der Waals surface area contributed by atoms with E-state index in [1.165, 1.54) is 11.3 Å². The Hall–Kier alpha value is -1.88. The van der Waals surface area contributed by atoms with E-state index in [0.29, 0.717) is 11.9 Å². The van der Waals surface area contributed by atoms with Gasteiger partial charge in [-0.1, -0.05) is 6.92 Å². The third-order valence-corrected chi connectivity index (χ3v) is 4.72. The van der Waals surface area contributed by atoms with Crippen molar-refractivity contribution < 1.29 is 27.1 Å². The second-order valence-corrected chi connectivity index (χ2v) is 7.29. The van der Waals surface area contributed by atoms with Crippen molar-refractivity contribution in [2.75, 3.05) is 32.6 Å². The zero-order valence-corrected chi connectivity index (χ0v) is 15.4. The maximum absolute atomic E-state index is 11.4. The van der Waals surface area contributed by atoms with E-state index in [1.54, 1.807) is 7.05 Å². The van der Waals surface area contributed by atoms with Crippen molar-refractivity contribution >= 4 is 22.2 Å². The summed E-state index contributed by atoms with van der Waals surface area (Å²) < 4.78 is 36.8. The van der Waals surface area contributed by atoms with E-state index in [1.807, 2.05) is 18.2 Å². The van der Waals surface area contributed by atoms with Crippen LogP contribution in [-0.4, -0.2) is 62.4 Å². The summed E-state index contributed by atoms with van der Waals surface area (Å²) in [7, 11) is 1.20. The van der Waals surface area contributed by atoms with Crippen molar-refractivity contribution in [3.05, 3.63) is 23.8 Å². The standard InChI is InChI=1S/C15H21N3O2.H2O4S/c1-15-7-8-17(3)13(15)18(4)12-6-5-10(9-11(12)15)20-14(19)16-2;1-5(2,3)4/h5-6,9,13H,7-8H2,1-4H3,(H,16,19);(H2,1,2,3,4)/t13?,15-;/m1./s1. The minimum Gasteiger partial charge on any atom is -0.410 e. The number of likely N-dealkylation sites (N-methyl/N-ethyl adjacent to an activating group) is 2. The van der Waals surface area contributed by atoms with Crippen LogP contribution in [0.15, 0.2) is 18.2 Å². The zero-order chi connectivity index (χ0) is 19.0. The van der Waals surface area contributed by atoms with Gasteiger partial charge in [-0.05, 0) is 37.2 Å². The highest BCUT2D eigenvalue weighted by Gasteiger charge is 2.52. The highest BCUT2D eigenvalue weighted by molar-refractivity contribution is 7.79. The molecule has 0 aromatic heterocycles. The van der Waals surface area contributed by atoms with Crippen molar-refractivity contribution in [2.45, 2.75) is 24.9 Å². The van der Waals surface area contributed by atoms with Gasteiger partial charge in [-0.15, -0.1) is 0 Å². The van der Waals surface area contributed by atoms with E-state index in [-0.39, 0.29) is 5.41 Å². The van der Waals surface area contributed by atoms with Gasteiger partial charge >= 0.3 is 16.5 Å². The van der Waals surface area contributed by atoms with E-state index in [2.05, 4.69) is 36.1 Å². The molecule has 0 saturated carbocycles. The monoisotopic (exact) mass is 373 g/mol. The predicted molar refractivity (Wildman–Crippen MR) is 92.5 cm³/mol. The molecule has 1 amide bonds. The molecule has 2 aliphatic rings. The minimum absolute atomic E-state index is 0.0981. The number of carbonyl (C=O) groups is 1. The van der Waals surface area contributed by atoms with Gasteiger partial charge in [0.05, 0.1) is 6.17 Å². The summed E-state index contributed by atoms with van der Waals surface area (Å²) in [5.41, 5.74) is 2.60. The lowest BCUT2D eigenvalue weighted by molar-refractivity contribution is 0.203. The summed E-state index contributed by atoms with van der Waals surface area (Å²) in [4.78, 5) is 16.1. The van der Waals surface area contributed by atoms with Crippen LogP contribution in [0.4, 0.5) is 10.5 Å². The lowest BCUT2D eigenvalue weighted by atomic mass is 9.81. The van der Waals surface area contributed by atoms with E-state index >= 15 is 0 Å². The molecular formula is C15H23N3O6S. The Balaban J connectivity index is 0.000000399. The first-order chi connectivity index (χ1) is 11.5. The topological polar surface area (TPSA) is 119 Å². The van der Waals surface area contributed by atoms with Gasteiger partial charge in [0.2, 0.25) is 0 Å². The SMILES string of the molecule is CNC(=O)Oc1ccc2c(c1)[C@@]1(C)CCN(C)C1N2C.O=S(=O)(O)O. The molecule has 0 bridgehead atoms. The highest BCUT2D eigenvalue weighted by atomic mass is 32.3. The third kappa shape index (κ3) is 4.03. The molecule has 2 atom stereocenters. The third-order valence-electron chi connectivity index (χ3n) is 4.72. The number of fused-ring (bicyclic) bond motifs is 3. The van der Waals surface area contributed by atoms with E-state index < -0.39 is 16.5 Å². The smallest absolute Gasteiger partial charge is 0.410 e. The molecule has 0 radical (unpaired) electrons. The Bertz CT molecular complexity index is 761. The van der Waals surface area contributed by atoms with Crippen LogP contribution in [-0.2, 0) is 15.8 Å². The van der Waals surface area contributed by atoms with Gasteiger partial charge in [0.15, 0.2) is 0 Å². The van der Waals surface area contributed by atoms with Gasteiger partial charge in [-0.25, -0.2) is 4.79 Å². The van der Waals surface area contributed by atoms with Crippen molar-refractivity contribution in [3.8, 4) is 5.75 Å². The number of carbonyl (C=O) groups excluding carboxylic acids is 1. The molecule has 1 unspecified atom stereocenters. The number of nitrogens with zero attached hydrogens (tertiary/aromatic N) is 2. The van der Waals surface area contributed by atoms with Gasteiger partial charge in [0.25, 0.3) is 0 Å². The molecule has 1 aromatic carbocycles. The first-order valence-electron chi connectivity index (χ1n) is 7.64. The molecule has 140 valence electrons. The van der Waals surface area contributed by atoms with Gasteiger partial charge in [-0.2, -0.15) is 8.42 Å². The number of hydrogen-bond acceptors (Lipinski definition) is 6. The molecule has 3 N–H and O–H groups in total. The molecule has 9 nitrogen and oxygen atoms in total. The molecule has 1 aromatic rings. The Morgan fingerprint density at radius 2 is 1.96 bits per heavy atom. The molecule has 3 rings (SSSR count). The Morgan fingerprint density at radius 3 is 2.52 bits per heavy atom. The zero-order valence-electron chi connectivity index (χ0n) is 14.6. The molecule has 1 fully saturated rings. The number of nitrogens with one attached hydrogen (secondary N) is 1. The molecule has 0 aliphatic carbocycles. The van der Waals surface area contributed by atoms with Crippen LogP contribution in [0.25, 0.3) is 0 Å². The molecule has 2 aliphatic heterocycles. The molecule has 0 spiro atoms. The van der Waals surface area contributed by atoms with Crippen LogP contribution in [0.3, 0.4) is 0 Å². The summed E-state index contributed by atoms with van der Waals surface area (Å²) in [5.74, 6) is 0.605. The van der Waals surface area contributed by atoms with Crippen molar-refractivity contribution in [3.63, 3.8) is 0 Å². The van der Waals surface area contributed by atoms with Gasteiger partial charge in [-0.3, -0.25) is 14.0 Å². The number of ether oxygens (including phenoxy) is 1. The molecule has 1 saturated heterocycles. The molecule has 25 heavy (non-hydrogen) atoms. The maximum atomic E-state index is 11.4. The Morgan fingerprint density at radius 1 is 1.36 bits per heavy atom. The summed E-state index contributed by atoms with van der Waals surface area (Å²) in [6, 6.07) is 5.92. The fourth-order valence-electron chi connectivity index (χ4n) is 3.78. The predicted octanol–water partition coefficient (Wildman–Crippen LogP) is 1.12. The summed E-state index contributed by atoms with van der Waals surface area (Å²) in [6.45, 7) is 3.39. The summed E-state index contributed by atoms with van der Waals surface area (Å²) >= 11 is 0. The van der Waals surface area contributed by atoms with Gasteiger partial charge in [0.1, 0.15) is 5.75 Å². The van der Waals surface area contributed by atoms with Crippen LogP contribution in [0.1, 0.15) is 18.9 Å². The Kier molecular flexibility index (Phi) is 5.28. The maximum Gasteiger partial charge on any atom is 0.412 e. The summed E-state index contributed by atoms with van der Waals surface area (Å²) in [5, 5.41) is 2.47. The van der Waals surface area contributed by atoms with Crippen LogP contribution in [0, 0.1) is 0 Å². The van der Waals surface area contributed by atoms with Gasteiger partial charge in [0, 0.05) is 31.7 Å². The van der Waals surface area contributed by atoms with Crippen molar-refractivity contribution in [1.29, 1.82) is 0 Å². The fraction of sp³-hybridized carbons (Fsp3) is 0.533. The van der Waals surface area contributed by atoms with Crippen molar-refractivity contribution in [2.24, 2.45) is 0 Å². The number of hydrogen-bond donors (Lipinski definition) is 3. The van der Waals surface area contributed by atoms with E-state index in [9.17, 15) is 4.79 Å². The van der Waals surface area contributed by atoms with Crippen molar-refractivity contribution in [1.82, 2.24) is 10.2 Å². The molecule has 2 heterocycles. The fourth-order valence-corrected chi connectivity index (χ4v) is 3.78. The van der Waals surface area contributed by atoms with Crippen LogP contribution >= 0.6 is 0 Å². The van der Waals surface area contributed by atoms with Gasteiger partial charge < -0.3 is 15.0 Å².